The van der Waals surface area contributed by atoms with Crippen molar-refractivity contribution in [1.29, 1.82) is 0 Å². The highest BCUT2D eigenvalue weighted by molar-refractivity contribution is 7.07. The van der Waals surface area contributed by atoms with Gasteiger partial charge in [-0.2, -0.15) is 11.3 Å². The molecule has 6 heteroatoms. The van der Waals surface area contributed by atoms with Gasteiger partial charge in [-0.05, 0) is 41.7 Å². The van der Waals surface area contributed by atoms with Crippen molar-refractivity contribution < 1.29 is 9.59 Å². The number of nitrogens with zero attached hydrogens (tertiary/aromatic N) is 1. The van der Waals surface area contributed by atoms with Gasteiger partial charge in [0.05, 0.1) is 5.92 Å². The van der Waals surface area contributed by atoms with Crippen LogP contribution in [-0.2, 0) is 11.2 Å². The zero-order chi connectivity index (χ0) is 13.7. The fraction of sp³-hybridized carbons (Fsp3) is 0.538. The molecular weight excluding hydrogens is 262 g/mol. The molecule has 2 heterocycles. The zero-order valence-corrected chi connectivity index (χ0v) is 11.6. The Morgan fingerprint density at radius 3 is 3.05 bits per heavy atom. The van der Waals surface area contributed by atoms with Gasteiger partial charge in [-0.15, -0.1) is 0 Å². The molecule has 0 saturated carbocycles. The molecule has 1 atom stereocenters. The normalized spacial score (nSPS) is 19.2. The Hall–Kier alpha value is -1.56. The number of carbonyl (C=O) groups is 2. The summed E-state index contributed by atoms with van der Waals surface area (Å²) in [5.74, 6) is -0.0927. The molecule has 1 saturated heterocycles. The fourth-order valence-electron chi connectivity index (χ4n) is 2.30. The molecule has 3 amide bonds. The molecule has 0 aliphatic carbocycles. The number of likely N-dealkylation sites (tertiary alicyclic amines) is 1. The first kappa shape index (κ1) is 13.9. The Kier molecular flexibility index (Phi) is 4.79. The number of carbonyl (C=O) groups excluding carboxylic acids is 2. The number of piperidine rings is 1. The summed E-state index contributed by atoms with van der Waals surface area (Å²) >= 11 is 1.66. The van der Waals surface area contributed by atoms with Crippen LogP contribution in [0.3, 0.4) is 0 Å². The molecule has 0 spiro atoms. The lowest BCUT2D eigenvalue weighted by atomic mass is 9.97. The van der Waals surface area contributed by atoms with E-state index in [-0.39, 0.29) is 11.8 Å². The molecule has 1 fully saturated rings. The van der Waals surface area contributed by atoms with Crippen LogP contribution in [0.15, 0.2) is 16.8 Å². The molecule has 19 heavy (non-hydrogen) atoms. The van der Waals surface area contributed by atoms with Gasteiger partial charge in [0.25, 0.3) is 0 Å². The summed E-state index contributed by atoms with van der Waals surface area (Å²) in [4.78, 5) is 24.7. The molecule has 1 aliphatic rings. The Balaban J connectivity index is 1.74. The number of hydrogen-bond donors (Lipinski definition) is 2. The highest BCUT2D eigenvalue weighted by Crippen LogP contribution is 2.16. The van der Waals surface area contributed by atoms with E-state index in [0.29, 0.717) is 19.6 Å². The van der Waals surface area contributed by atoms with Crippen molar-refractivity contribution in [2.45, 2.75) is 19.3 Å². The van der Waals surface area contributed by atoms with E-state index < -0.39 is 6.03 Å². The van der Waals surface area contributed by atoms with E-state index in [1.165, 1.54) is 5.56 Å². The molecule has 104 valence electrons. The monoisotopic (exact) mass is 281 g/mol. The van der Waals surface area contributed by atoms with Gasteiger partial charge in [0.2, 0.25) is 5.91 Å². The summed E-state index contributed by atoms with van der Waals surface area (Å²) in [6.07, 6.45) is 2.51. The van der Waals surface area contributed by atoms with Crippen LogP contribution >= 0.6 is 11.3 Å². The van der Waals surface area contributed by atoms with Crippen molar-refractivity contribution in [2.24, 2.45) is 11.7 Å². The van der Waals surface area contributed by atoms with Gasteiger partial charge in [-0.1, -0.05) is 0 Å². The SMILES string of the molecule is NC(=O)N1CCC[C@@H](C(=O)NCCc2ccsc2)C1. The molecule has 0 aromatic carbocycles. The first-order valence-electron chi connectivity index (χ1n) is 6.50. The minimum absolute atomic E-state index is 0.0289. The minimum atomic E-state index is -0.434. The van der Waals surface area contributed by atoms with Gasteiger partial charge in [0.1, 0.15) is 0 Å². The van der Waals surface area contributed by atoms with Crippen molar-refractivity contribution in [3.8, 4) is 0 Å². The standard InChI is InChI=1S/C13H19N3O2S/c14-13(18)16-6-1-2-11(8-16)12(17)15-5-3-10-4-7-19-9-10/h4,7,9,11H,1-3,5-6,8H2,(H2,14,18)(H,15,17)/t11-/m1/s1. The van der Waals surface area contributed by atoms with E-state index in [1.54, 1.807) is 16.2 Å². The molecule has 1 aromatic rings. The number of nitrogens with one attached hydrogen (secondary N) is 1. The van der Waals surface area contributed by atoms with Crippen LogP contribution in [0.5, 0.6) is 0 Å². The lowest BCUT2D eigenvalue weighted by Crippen LogP contribution is -2.47. The second-order valence-electron chi connectivity index (χ2n) is 4.80. The third kappa shape index (κ3) is 3.96. The summed E-state index contributed by atoms with van der Waals surface area (Å²) in [6, 6.07) is 1.63. The largest absolute Gasteiger partial charge is 0.355 e. The van der Waals surface area contributed by atoms with E-state index >= 15 is 0 Å². The number of nitrogens with two attached hydrogens (primary N) is 1. The minimum Gasteiger partial charge on any atom is -0.355 e. The molecule has 0 radical (unpaired) electrons. The van der Waals surface area contributed by atoms with Crippen molar-refractivity contribution >= 4 is 23.3 Å². The van der Waals surface area contributed by atoms with Crippen LogP contribution in [0.2, 0.25) is 0 Å². The van der Waals surface area contributed by atoms with Gasteiger partial charge in [-0.25, -0.2) is 4.79 Å². The number of primary amides is 1. The van der Waals surface area contributed by atoms with Crippen molar-refractivity contribution in [2.75, 3.05) is 19.6 Å². The van der Waals surface area contributed by atoms with E-state index in [9.17, 15) is 9.59 Å². The number of rotatable bonds is 4. The third-order valence-corrected chi connectivity index (χ3v) is 4.13. The van der Waals surface area contributed by atoms with Crippen LogP contribution in [-0.4, -0.2) is 36.5 Å². The molecule has 1 aliphatic heterocycles. The van der Waals surface area contributed by atoms with E-state index in [1.807, 2.05) is 5.38 Å². The Bertz CT molecular complexity index is 433. The molecule has 0 bridgehead atoms. The second kappa shape index (κ2) is 6.56. The van der Waals surface area contributed by atoms with Gasteiger partial charge in [-0.3, -0.25) is 4.79 Å². The average Bonchev–Trinajstić information content (AvgIpc) is 2.92. The second-order valence-corrected chi connectivity index (χ2v) is 5.58. The predicted molar refractivity (Wildman–Crippen MR) is 74.9 cm³/mol. The van der Waals surface area contributed by atoms with E-state index in [4.69, 9.17) is 5.73 Å². The first-order chi connectivity index (χ1) is 9.16. The number of urea groups is 1. The number of amides is 3. The average molecular weight is 281 g/mol. The molecular formula is C13H19N3O2S. The summed E-state index contributed by atoms with van der Waals surface area (Å²) in [5.41, 5.74) is 6.49. The Morgan fingerprint density at radius 1 is 1.53 bits per heavy atom. The predicted octanol–water partition coefficient (Wildman–Crippen LogP) is 1.20. The van der Waals surface area contributed by atoms with Gasteiger partial charge < -0.3 is 16.0 Å². The highest BCUT2D eigenvalue weighted by Gasteiger charge is 2.26. The van der Waals surface area contributed by atoms with Crippen molar-refractivity contribution in [3.63, 3.8) is 0 Å². The Morgan fingerprint density at radius 2 is 2.37 bits per heavy atom. The number of thiophene rings is 1. The maximum Gasteiger partial charge on any atom is 0.314 e. The van der Waals surface area contributed by atoms with Gasteiger partial charge >= 0.3 is 6.03 Å². The maximum atomic E-state index is 12.0. The van der Waals surface area contributed by atoms with Crippen LogP contribution in [0.1, 0.15) is 18.4 Å². The molecule has 0 unspecified atom stereocenters. The summed E-state index contributed by atoms with van der Waals surface area (Å²) in [5, 5.41) is 7.05. The third-order valence-electron chi connectivity index (χ3n) is 3.40. The molecule has 3 N–H and O–H groups in total. The maximum absolute atomic E-state index is 12.0. The molecule has 5 nitrogen and oxygen atoms in total. The highest BCUT2D eigenvalue weighted by atomic mass is 32.1. The molecule has 2 rings (SSSR count). The van der Waals surface area contributed by atoms with Crippen LogP contribution < -0.4 is 11.1 Å². The fourth-order valence-corrected chi connectivity index (χ4v) is 3.00. The van der Waals surface area contributed by atoms with Crippen molar-refractivity contribution in [1.82, 2.24) is 10.2 Å². The van der Waals surface area contributed by atoms with Gasteiger partial charge in [0.15, 0.2) is 0 Å². The lowest BCUT2D eigenvalue weighted by Gasteiger charge is -2.30. The Labute approximate surface area is 116 Å². The van der Waals surface area contributed by atoms with Crippen molar-refractivity contribution in [3.05, 3.63) is 22.4 Å². The summed E-state index contributed by atoms with van der Waals surface area (Å²) in [6.45, 7) is 1.75. The quantitative estimate of drug-likeness (QED) is 0.870. The lowest BCUT2D eigenvalue weighted by molar-refractivity contribution is -0.126. The summed E-state index contributed by atoms with van der Waals surface area (Å²) in [7, 11) is 0. The van der Waals surface area contributed by atoms with Crippen LogP contribution in [0.25, 0.3) is 0 Å². The smallest absolute Gasteiger partial charge is 0.314 e. The zero-order valence-electron chi connectivity index (χ0n) is 10.8. The topological polar surface area (TPSA) is 75.4 Å². The summed E-state index contributed by atoms with van der Waals surface area (Å²) < 4.78 is 0. The molecule has 1 aromatic heterocycles. The number of hydrogen-bond acceptors (Lipinski definition) is 3. The first-order valence-corrected chi connectivity index (χ1v) is 7.44. The van der Waals surface area contributed by atoms with Crippen LogP contribution in [0, 0.1) is 5.92 Å². The van der Waals surface area contributed by atoms with Gasteiger partial charge in [0, 0.05) is 19.6 Å². The van der Waals surface area contributed by atoms with E-state index in [2.05, 4.69) is 16.8 Å². The van der Waals surface area contributed by atoms with Crippen LogP contribution in [0.4, 0.5) is 4.79 Å². The van der Waals surface area contributed by atoms with E-state index in [0.717, 1.165) is 19.3 Å².